The minimum Gasteiger partial charge on any atom is -0.491 e. The molecule has 5 rings (SSSR count). The van der Waals surface area contributed by atoms with Crippen molar-refractivity contribution in [2.45, 2.75) is 23.6 Å². The van der Waals surface area contributed by atoms with Crippen molar-refractivity contribution in [2.75, 3.05) is 19.5 Å². The molecule has 10 heteroatoms. The molecule has 3 heterocycles. The summed E-state index contributed by atoms with van der Waals surface area (Å²) in [5.41, 5.74) is 2.57. The first-order valence-electron chi connectivity index (χ1n) is 10.9. The van der Waals surface area contributed by atoms with Gasteiger partial charge in [-0.3, -0.25) is 0 Å². The van der Waals surface area contributed by atoms with Gasteiger partial charge in [0.25, 0.3) is 0 Å². The van der Waals surface area contributed by atoms with E-state index in [1.807, 2.05) is 53.4 Å². The van der Waals surface area contributed by atoms with Crippen molar-refractivity contribution in [3.8, 4) is 17.0 Å². The maximum absolute atomic E-state index is 6.53. The number of hydrogen-bond donors (Lipinski definition) is 0. The molecule has 0 unspecified atom stereocenters. The van der Waals surface area contributed by atoms with Crippen LogP contribution in [0.4, 0.5) is 0 Å². The molecule has 0 amide bonds. The largest absolute Gasteiger partial charge is 0.491 e. The molecule has 2 atom stereocenters. The highest BCUT2D eigenvalue weighted by atomic mass is 35.5. The van der Waals surface area contributed by atoms with Gasteiger partial charge in [0.05, 0.1) is 30.2 Å². The summed E-state index contributed by atoms with van der Waals surface area (Å²) in [6.07, 6.45) is 8.69. The van der Waals surface area contributed by atoms with Gasteiger partial charge in [-0.25, -0.2) is 15.0 Å². The first-order chi connectivity index (χ1) is 17.0. The highest BCUT2D eigenvalue weighted by Crippen LogP contribution is 2.40. The predicted molar refractivity (Wildman–Crippen MR) is 136 cm³/mol. The predicted octanol–water partition coefficient (Wildman–Crippen LogP) is 5.72. The van der Waals surface area contributed by atoms with Gasteiger partial charge in [-0.2, -0.15) is 0 Å². The summed E-state index contributed by atoms with van der Waals surface area (Å²) in [6.45, 7) is 1.06. The zero-order valence-corrected chi connectivity index (χ0v) is 21.1. The van der Waals surface area contributed by atoms with E-state index >= 15 is 0 Å². The van der Waals surface area contributed by atoms with Crippen molar-refractivity contribution in [3.05, 3.63) is 89.1 Å². The Morgan fingerprint density at radius 2 is 2.00 bits per heavy atom. The summed E-state index contributed by atoms with van der Waals surface area (Å²) in [7, 11) is 0. The standard InChI is InChI=1S/C25H22Cl2N4O3S/c1-35-24-29-9-8-23(30-24)17-2-5-19(6-3-17)32-13-20-14-33-25(34-20,15-31-11-10-28-16-31)21-7-4-18(26)12-22(21)27/h2-12,16,20H,13-15H2,1H3/t20-,25-/m1/s1. The summed E-state index contributed by atoms with van der Waals surface area (Å²) in [4.78, 5) is 12.9. The van der Waals surface area contributed by atoms with E-state index < -0.39 is 5.79 Å². The van der Waals surface area contributed by atoms with E-state index in [1.165, 1.54) is 11.8 Å². The van der Waals surface area contributed by atoms with Crippen molar-refractivity contribution in [3.63, 3.8) is 0 Å². The third kappa shape index (κ3) is 5.47. The number of halogens is 2. The first-order valence-corrected chi connectivity index (χ1v) is 12.9. The number of imidazole rings is 1. The van der Waals surface area contributed by atoms with Gasteiger partial charge < -0.3 is 18.8 Å². The second-order valence-corrected chi connectivity index (χ2v) is 9.54. The van der Waals surface area contributed by atoms with Crippen LogP contribution in [-0.2, 0) is 21.8 Å². The molecule has 7 nitrogen and oxygen atoms in total. The van der Waals surface area contributed by atoms with Crippen LogP contribution in [0.1, 0.15) is 5.56 Å². The number of nitrogens with zero attached hydrogens (tertiary/aromatic N) is 4. The molecule has 180 valence electrons. The summed E-state index contributed by atoms with van der Waals surface area (Å²) in [5, 5.41) is 1.76. The van der Waals surface area contributed by atoms with Crippen LogP contribution in [0, 0.1) is 0 Å². The van der Waals surface area contributed by atoms with E-state index in [0.29, 0.717) is 35.4 Å². The zero-order chi connectivity index (χ0) is 24.3. The Labute approximate surface area is 217 Å². The summed E-state index contributed by atoms with van der Waals surface area (Å²) < 4.78 is 20.6. The molecule has 2 aromatic heterocycles. The van der Waals surface area contributed by atoms with E-state index in [1.54, 1.807) is 30.9 Å². The maximum Gasteiger partial charge on any atom is 0.215 e. The summed E-state index contributed by atoms with van der Waals surface area (Å²) in [5.74, 6) is -0.351. The van der Waals surface area contributed by atoms with Crippen molar-refractivity contribution in [2.24, 2.45) is 0 Å². The Bertz CT molecular complexity index is 1290. The molecule has 0 bridgehead atoms. The maximum atomic E-state index is 6.53. The van der Waals surface area contributed by atoms with Crippen molar-refractivity contribution < 1.29 is 14.2 Å². The molecule has 4 aromatic rings. The molecule has 35 heavy (non-hydrogen) atoms. The number of benzene rings is 2. The SMILES string of the molecule is CSc1nccc(-c2ccc(OC[C@@H]3CO[C@@](Cn4ccnc4)(c4ccc(Cl)cc4Cl)O3)cc2)n1. The van der Waals surface area contributed by atoms with Crippen LogP contribution in [-0.4, -0.2) is 45.1 Å². The topological polar surface area (TPSA) is 71.3 Å². The third-order valence-electron chi connectivity index (χ3n) is 5.55. The minimum atomic E-state index is -1.08. The monoisotopic (exact) mass is 528 g/mol. The number of rotatable bonds is 8. The molecule has 0 aliphatic carbocycles. The highest BCUT2D eigenvalue weighted by molar-refractivity contribution is 7.98. The second-order valence-electron chi connectivity index (χ2n) is 7.93. The quantitative estimate of drug-likeness (QED) is 0.214. The highest BCUT2D eigenvalue weighted by Gasteiger charge is 2.45. The lowest BCUT2D eigenvalue weighted by Crippen LogP contribution is -2.34. The van der Waals surface area contributed by atoms with E-state index in [-0.39, 0.29) is 6.10 Å². The summed E-state index contributed by atoms with van der Waals surface area (Å²) >= 11 is 14.2. The minimum absolute atomic E-state index is 0.295. The van der Waals surface area contributed by atoms with Crippen LogP contribution in [0.3, 0.4) is 0 Å². The van der Waals surface area contributed by atoms with Gasteiger partial charge in [0, 0.05) is 34.7 Å². The van der Waals surface area contributed by atoms with Crippen LogP contribution in [0.25, 0.3) is 11.3 Å². The van der Waals surface area contributed by atoms with Crippen molar-refractivity contribution >= 4 is 35.0 Å². The lowest BCUT2D eigenvalue weighted by atomic mass is 10.1. The molecule has 2 aromatic carbocycles. The Morgan fingerprint density at radius 1 is 1.14 bits per heavy atom. The van der Waals surface area contributed by atoms with E-state index in [2.05, 4.69) is 15.0 Å². The number of aromatic nitrogens is 4. The van der Waals surface area contributed by atoms with E-state index in [0.717, 1.165) is 22.2 Å². The molecule has 1 aliphatic rings. The molecule has 1 aliphatic heterocycles. The fourth-order valence-electron chi connectivity index (χ4n) is 3.89. The van der Waals surface area contributed by atoms with E-state index in [4.69, 9.17) is 37.4 Å². The van der Waals surface area contributed by atoms with Gasteiger partial charge in [-0.15, -0.1) is 0 Å². The molecular weight excluding hydrogens is 507 g/mol. The molecule has 1 saturated heterocycles. The Morgan fingerprint density at radius 3 is 2.74 bits per heavy atom. The van der Waals surface area contributed by atoms with Gasteiger partial charge in [-0.1, -0.05) is 41.0 Å². The van der Waals surface area contributed by atoms with Crippen LogP contribution in [0.2, 0.25) is 10.0 Å². The van der Waals surface area contributed by atoms with Crippen molar-refractivity contribution in [1.29, 1.82) is 0 Å². The smallest absolute Gasteiger partial charge is 0.215 e. The normalized spacial score (nSPS) is 19.7. The van der Waals surface area contributed by atoms with Crippen LogP contribution in [0.15, 0.2) is 78.6 Å². The number of ether oxygens (including phenoxy) is 3. The summed E-state index contributed by atoms with van der Waals surface area (Å²) in [6, 6.07) is 15.0. The average Bonchev–Trinajstić information content (AvgIpc) is 3.54. The molecule has 0 N–H and O–H groups in total. The first kappa shape index (κ1) is 24.1. The van der Waals surface area contributed by atoms with E-state index in [9.17, 15) is 0 Å². The Balaban J connectivity index is 1.28. The van der Waals surface area contributed by atoms with Gasteiger partial charge in [-0.05, 0) is 48.7 Å². The van der Waals surface area contributed by atoms with Gasteiger partial charge in [0.15, 0.2) is 5.16 Å². The third-order valence-corrected chi connectivity index (χ3v) is 6.66. The van der Waals surface area contributed by atoms with Crippen LogP contribution in [0.5, 0.6) is 5.75 Å². The Hall–Kier alpha value is -2.62. The zero-order valence-electron chi connectivity index (χ0n) is 18.8. The van der Waals surface area contributed by atoms with Crippen LogP contribution < -0.4 is 4.74 Å². The van der Waals surface area contributed by atoms with Gasteiger partial charge in [0.1, 0.15) is 18.5 Å². The van der Waals surface area contributed by atoms with Crippen LogP contribution >= 0.6 is 35.0 Å². The number of thioether (sulfide) groups is 1. The number of hydrogen-bond acceptors (Lipinski definition) is 7. The molecule has 1 fully saturated rings. The second kappa shape index (κ2) is 10.6. The van der Waals surface area contributed by atoms with Gasteiger partial charge in [0.2, 0.25) is 5.79 Å². The molecular formula is C25H22Cl2N4O3S. The fourth-order valence-corrected chi connectivity index (χ4v) is 4.79. The fraction of sp³-hybridized carbons (Fsp3) is 0.240. The Kier molecular flexibility index (Phi) is 7.27. The average molecular weight is 529 g/mol. The van der Waals surface area contributed by atoms with Gasteiger partial charge >= 0.3 is 0 Å². The van der Waals surface area contributed by atoms with Crippen molar-refractivity contribution in [1.82, 2.24) is 19.5 Å². The lowest BCUT2D eigenvalue weighted by molar-refractivity contribution is -0.189. The molecule has 0 saturated carbocycles. The molecule has 0 spiro atoms. The lowest BCUT2D eigenvalue weighted by Gasteiger charge is -2.30. The molecule has 0 radical (unpaired) electrons.